The molecule has 1 unspecified atom stereocenters. The molecule has 0 heterocycles. The van der Waals surface area contributed by atoms with Crippen LogP contribution in [0.4, 0.5) is 110 Å². The Morgan fingerprint density at radius 2 is 0.913 bits per heavy atom. The molecule has 0 fully saturated rings. The first kappa shape index (κ1) is 44.7. The zero-order chi connectivity index (χ0) is 38.1. The second kappa shape index (κ2) is 13.4. The van der Waals surface area contributed by atoms with Gasteiger partial charge >= 0.3 is 72.0 Å². The van der Waals surface area contributed by atoms with E-state index in [9.17, 15) is 120 Å². The lowest BCUT2D eigenvalue weighted by atomic mass is 9.81. The first-order valence-corrected chi connectivity index (χ1v) is 9.11. The molecule has 0 saturated heterocycles. The zero-order valence-electron chi connectivity index (χ0n) is 19.4. The van der Waals surface area contributed by atoms with Gasteiger partial charge in [0.05, 0.1) is 5.57 Å². The maximum atomic E-state index is 14.2. The molecule has 0 rings (SSSR count). The Hall–Kier alpha value is -3.41. The average Bonchev–Trinajstić information content (AvgIpc) is 2.86. The molecule has 31 heteroatoms. The van der Waals surface area contributed by atoms with Crippen LogP contribution in [0, 0.1) is 0 Å². The van der Waals surface area contributed by atoms with E-state index in [2.05, 4.69) is 4.89 Å². The molecule has 0 aliphatic heterocycles. The van der Waals surface area contributed by atoms with E-state index < -0.39 is 89.0 Å². The van der Waals surface area contributed by atoms with Crippen LogP contribution in [-0.2, 0) is 24.4 Å². The van der Waals surface area contributed by atoms with Gasteiger partial charge in [-0.2, -0.15) is 102 Å². The first-order valence-electron chi connectivity index (χ1n) is 9.11. The number of rotatable bonds is 8. The second-order valence-corrected chi connectivity index (χ2v) is 7.11. The lowest BCUT2D eigenvalue weighted by Crippen LogP contribution is -2.72. The summed E-state index contributed by atoms with van der Waals surface area (Å²) in [4.78, 5) is 25.2. The van der Waals surface area contributed by atoms with Crippen molar-refractivity contribution in [2.24, 2.45) is 0 Å². The Kier molecular flexibility index (Phi) is 13.0. The third kappa shape index (κ3) is 7.58. The Bertz CT molecular complexity index is 1150. The summed E-state index contributed by atoms with van der Waals surface area (Å²) >= 11 is 0. The van der Waals surface area contributed by atoms with Gasteiger partial charge in [-0.05, 0) is 4.53 Å². The van der Waals surface area contributed by atoms with Gasteiger partial charge in [0.15, 0.2) is 5.57 Å². The van der Waals surface area contributed by atoms with Crippen molar-refractivity contribution in [3.8, 4) is 0 Å². The fourth-order valence-electron chi connectivity index (χ4n) is 2.35. The molecule has 6 nitrogen and oxygen atoms in total. The Labute approximate surface area is 230 Å². The molecule has 0 aliphatic rings. The molecular formula is C15HF25O6. The second-order valence-electron chi connectivity index (χ2n) is 7.11. The van der Waals surface area contributed by atoms with Gasteiger partial charge in [0.25, 0.3) is 5.83 Å². The van der Waals surface area contributed by atoms with Gasteiger partial charge < -0.3 is 0 Å². The number of hydrogen-bond acceptors (Lipinski definition) is 6. The molecule has 0 bridgehead atoms. The molecule has 0 amide bonds. The van der Waals surface area contributed by atoms with Crippen LogP contribution in [0.25, 0.3) is 0 Å². The third-order valence-electron chi connectivity index (χ3n) is 4.35. The fraction of sp³-hybridized carbons (Fsp3) is 0.600. The molecule has 46 heavy (non-hydrogen) atoms. The van der Waals surface area contributed by atoms with E-state index >= 15 is 0 Å². The van der Waals surface area contributed by atoms with Gasteiger partial charge in [0, 0.05) is 4.53 Å². The summed E-state index contributed by atoms with van der Waals surface area (Å²) in [7, 11) is 0. The van der Waals surface area contributed by atoms with Crippen molar-refractivity contribution in [3.05, 3.63) is 23.1 Å². The van der Waals surface area contributed by atoms with Gasteiger partial charge in [-0.3, -0.25) is 4.89 Å². The van der Waals surface area contributed by atoms with Crippen molar-refractivity contribution < 1.29 is 140 Å². The molecule has 0 spiro atoms. The highest BCUT2D eigenvalue weighted by atomic mass is 19.4. The molecular weight excluding hydrogens is 751 g/mol. The van der Waals surface area contributed by atoms with Crippen LogP contribution in [-0.4, -0.2) is 71.2 Å². The highest BCUT2D eigenvalue weighted by molar-refractivity contribution is 5.91. The van der Waals surface area contributed by atoms with Crippen molar-refractivity contribution in [1.29, 1.82) is 0 Å². The number of hydrogen-bond donors (Lipinski definition) is 1. The van der Waals surface area contributed by atoms with Crippen LogP contribution in [0.2, 0.25) is 0 Å². The molecule has 272 valence electrons. The smallest absolute Gasteiger partial charge is 0.293 e. The third-order valence-corrected chi connectivity index (χ3v) is 4.35. The summed E-state index contributed by atoms with van der Waals surface area (Å²) < 4.78 is 320. The van der Waals surface area contributed by atoms with Crippen LogP contribution in [0.3, 0.4) is 0 Å². The Morgan fingerprint density at radius 1 is 0.543 bits per heavy atom. The van der Waals surface area contributed by atoms with Gasteiger partial charge in [-0.25, -0.2) is 18.9 Å². The van der Waals surface area contributed by atoms with E-state index in [0.717, 1.165) is 4.94 Å². The van der Waals surface area contributed by atoms with Crippen LogP contribution < -0.4 is 0 Å². The summed E-state index contributed by atoms with van der Waals surface area (Å²) in [5, 5.41) is 7.30. The van der Waals surface area contributed by atoms with Crippen molar-refractivity contribution in [1.82, 2.24) is 0 Å². The molecule has 0 aliphatic carbocycles. The number of carbonyl (C=O) groups is 2. The minimum Gasteiger partial charge on any atom is -0.293 e. The SMILES string of the molecule is O=C(OF)C(=C(C(F)(F)C(F)(F)C(F)(C(F)(F)F)C(F)(F)F)C(F)(F)C(F)(OF)C(F)(F)F)C(F)(F)F.O=C(OO)C(F)=C(F)F. The quantitative estimate of drug-likeness (QED) is 0.117. The zero-order valence-corrected chi connectivity index (χ0v) is 19.4. The lowest BCUT2D eigenvalue weighted by molar-refractivity contribution is -0.457. The van der Waals surface area contributed by atoms with E-state index in [0.29, 0.717) is 0 Å². The molecule has 0 aromatic carbocycles. The summed E-state index contributed by atoms with van der Waals surface area (Å²) in [6.45, 7) is 0. The average molecular weight is 752 g/mol. The van der Waals surface area contributed by atoms with E-state index in [1.165, 1.54) is 4.94 Å². The minimum absolute atomic E-state index is 0.847. The standard InChI is InChI=1S/C12F22O3.C3HF3O3/c13-4(14,8(21,22)7(20,10(24,25)26)11(27,28)29)2(1(3(35)36-33)6(17,18)19)5(15,16)9(23,37-34)12(30,31)32;4-1(2(5)6)3(7)9-8/h;8H. The van der Waals surface area contributed by atoms with E-state index in [1.807, 2.05) is 0 Å². The number of carbonyl (C=O) groups excluding carboxylic acids is 2. The predicted octanol–water partition coefficient (Wildman–Crippen LogP) is 8.22. The van der Waals surface area contributed by atoms with Crippen LogP contribution in [0.1, 0.15) is 0 Å². The summed E-state index contributed by atoms with van der Waals surface area (Å²) in [5.41, 5.74) is -20.6. The van der Waals surface area contributed by atoms with E-state index in [4.69, 9.17) is 5.26 Å². The summed E-state index contributed by atoms with van der Waals surface area (Å²) in [5.74, 6) is -44.4. The monoisotopic (exact) mass is 752 g/mol. The molecule has 1 atom stereocenters. The highest BCUT2D eigenvalue weighted by Crippen LogP contribution is 2.64. The topological polar surface area (TPSA) is 82.1 Å². The number of alkyl halides is 20. The summed E-state index contributed by atoms with van der Waals surface area (Å²) in [6.07, 6.45) is -35.7. The molecule has 0 aromatic rings. The van der Waals surface area contributed by atoms with Crippen molar-refractivity contribution in [2.45, 2.75) is 54.0 Å². The maximum absolute atomic E-state index is 14.2. The normalized spacial score (nSPS) is 16.0. The first-order chi connectivity index (χ1) is 19.9. The van der Waals surface area contributed by atoms with Crippen LogP contribution in [0.5, 0.6) is 0 Å². The largest absolute Gasteiger partial charge is 0.458 e. The molecule has 1 N–H and O–H groups in total. The van der Waals surface area contributed by atoms with Crippen molar-refractivity contribution in [2.75, 3.05) is 0 Å². The van der Waals surface area contributed by atoms with Crippen molar-refractivity contribution in [3.63, 3.8) is 0 Å². The van der Waals surface area contributed by atoms with E-state index in [-0.39, 0.29) is 0 Å². The van der Waals surface area contributed by atoms with Gasteiger partial charge in [0.1, 0.15) is 0 Å². The molecule has 0 saturated carbocycles. The van der Waals surface area contributed by atoms with Gasteiger partial charge in [-0.15, -0.1) is 4.94 Å². The maximum Gasteiger partial charge on any atom is 0.458 e. The lowest BCUT2D eigenvalue weighted by Gasteiger charge is -2.43. The Morgan fingerprint density at radius 3 is 1.11 bits per heavy atom. The van der Waals surface area contributed by atoms with Gasteiger partial charge in [-0.1, -0.05) is 0 Å². The molecule has 0 aromatic heterocycles. The van der Waals surface area contributed by atoms with Crippen LogP contribution >= 0.6 is 0 Å². The number of halogens is 25. The highest BCUT2D eigenvalue weighted by Gasteiger charge is 2.93. The Balaban J connectivity index is 0. The van der Waals surface area contributed by atoms with Gasteiger partial charge in [0.2, 0.25) is 0 Å². The predicted molar refractivity (Wildman–Crippen MR) is 82.2 cm³/mol. The summed E-state index contributed by atoms with van der Waals surface area (Å²) in [6, 6.07) is 0. The molecule has 0 radical (unpaired) electrons. The minimum atomic E-state index is -9.26. The van der Waals surface area contributed by atoms with Crippen LogP contribution in [0.15, 0.2) is 23.1 Å². The fourth-order valence-corrected chi connectivity index (χ4v) is 2.35. The van der Waals surface area contributed by atoms with Crippen molar-refractivity contribution >= 4 is 11.9 Å². The van der Waals surface area contributed by atoms with E-state index in [1.54, 1.807) is 0 Å².